The van der Waals surface area contributed by atoms with Crippen molar-refractivity contribution in [3.05, 3.63) is 83.8 Å². The Labute approximate surface area is 181 Å². The van der Waals surface area contributed by atoms with E-state index in [1.807, 2.05) is 25.1 Å². The number of amides is 1. The highest BCUT2D eigenvalue weighted by Gasteiger charge is 2.35. The fraction of sp³-hybridized carbons (Fsp3) is 0.217. The molecule has 8 heteroatoms. The minimum Gasteiger partial charge on any atom is -0.464 e. The van der Waals surface area contributed by atoms with Crippen LogP contribution in [0.25, 0.3) is 0 Å². The van der Waals surface area contributed by atoms with Crippen LogP contribution in [0, 0.1) is 6.92 Å². The molecule has 0 spiro atoms. The van der Waals surface area contributed by atoms with Crippen LogP contribution >= 0.6 is 0 Å². The van der Waals surface area contributed by atoms with E-state index in [0.717, 1.165) is 5.76 Å². The Morgan fingerprint density at radius 3 is 2.48 bits per heavy atom. The molecule has 0 aliphatic carbocycles. The Morgan fingerprint density at radius 2 is 1.81 bits per heavy atom. The summed E-state index contributed by atoms with van der Waals surface area (Å²) in [6.45, 7) is 3.63. The number of benzene rings is 2. The van der Waals surface area contributed by atoms with Crippen LogP contribution in [0.3, 0.4) is 0 Å². The van der Waals surface area contributed by atoms with Crippen molar-refractivity contribution in [2.24, 2.45) is 5.10 Å². The molecule has 2 aromatic carbocycles. The van der Waals surface area contributed by atoms with E-state index in [1.165, 1.54) is 17.1 Å². The summed E-state index contributed by atoms with van der Waals surface area (Å²) in [6.07, 6.45) is 0.720. The first-order chi connectivity index (χ1) is 14.9. The predicted molar refractivity (Wildman–Crippen MR) is 118 cm³/mol. The molecule has 1 atom stereocenters. The topological polar surface area (TPSA) is 92.0 Å². The van der Waals surface area contributed by atoms with Crippen LogP contribution in [0.1, 0.15) is 42.9 Å². The van der Waals surface area contributed by atoms with Gasteiger partial charge in [-0.15, -0.1) is 0 Å². The molecule has 1 aromatic heterocycles. The molecule has 2 heterocycles. The average Bonchev–Trinajstić information content (AvgIpc) is 3.40. The standard InChI is InChI=1S/C23H23N3O4S/c1-3-23(27)26-21(22-14-13-16(2)30-22)15-20(24-26)18-11-7-8-12-19(18)25-31(28,29)17-9-5-4-6-10-17/h4-14,21,25H,3,15H2,1-2H3/t21-/m0/s1. The number of nitrogens with one attached hydrogen (secondary N) is 1. The van der Waals surface area contributed by atoms with Gasteiger partial charge >= 0.3 is 0 Å². The summed E-state index contributed by atoms with van der Waals surface area (Å²) in [5.41, 5.74) is 1.65. The quantitative estimate of drug-likeness (QED) is 0.616. The summed E-state index contributed by atoms with van der Waals surface area (Å²) in [6, 6.07) is 18.6. The molecule has 0 saturated carbocycles. The lowest BCUT2D eigenvalue weighted by molar-refractivity contribution is -0.133. The van der Waals surface area contributed by atoms with E-state index in [2.05, 4.69) is 9.82 Å². The van der Waals surface area contributed by atoms with Crippen molar-refractivity contribution in [2.75, 3.05) is 4.72 Å². The number of hydrogen-bond donors (Lipinski definition) is 1. The number of para-hydroxylation sites is 1. The van der Waals surface area contributed by atoms with E-state index >= 15 is 0 Å². The van der Waals surface area contributed by atoms with Crippen molar-refractivity contribution in [1.82, 2.24) is 5.01 Å². The predicted octanol–water partition coefficient (Wildman–Crippen LogP) is 4.48. The van der Waals surface area contributed by atoms with Gasteiger partial charge in [-0.25, -0.2) is 13.4 Å². The zero-order valence-corrected chi connectivity index (χ0v) is 18.1. The Bertz CT molecular complexity index is 1230. The number of hydrogen-bond acceptors (Lipinski definition) is 5. The second-order valence-corrected chi connectivity index (χ2v) is 8.95. The van der Waals surface area contributed by atoms with Crippen molar-refractivity contribution in [2.45, 2.75) is 37.6 Å². The lowest BCUT2D eigenvalue weighted by atomic mass is 10.0. The largest absolute Gasteiger partial charge is 0.464 e. The summed E-state index contributed by atoms with van der Waals surface area (Å²) >= 11 is 0. The van der Waals surface area contributed by atoms with Crippen molar-refractivity contribution in [3.8, 4) is 0 Å². The van der Waals surface area contributed by atoms with Crippen molar-refractivity contribution in [1.29, 1.82) is 0 Å². The van der Waals surface area contributed by atoms with Gasteiger partial charge in [0, 0.05) is 18.4 Å². The summed E-state index contributed by atoms with van der Waals surface area (Å²) < 4.78 is 34.1. The molecule has 3 aromatic rings. The third-order valence-corrected chi connectivity index (χ3v) is 6.48. The maximum absolute atomic E-state index is 12.8. The van der Waals surface area contributed by atoms with Crippen molar-refractivity contribution in [3.63, 3.8) is 0 Å². The summed E-state index contributed by atoms with van der Waals surface area (Å²) in [5.74, 6) is 1.28. The first kappa shape index (κ1) is 20.9. The van der Waals surface area contributed by atoms with Crippen LogP contribution in [0.15, 0.2) is 81.1 Å². The minimum absolute atomic E-state index is 0.128. The average molecular weight is 438 g/mol. The molecule has 31 heavy (non-hydrogen) atoms. The van der Waals surface area contributed by atoms with Crippen molar-refractivity contribution < 1.29 is 17.6 Å². The van der Waals surface area contributed by atoms with Crippen molar-refractivity contribution >= 4 is 27.3 Å². The Hall–Kier alpha value is -3.39. The van der Waals surface area contributed by atoms with E-state index in [-0.39, 0.29) is 16.8 Å². The third-order valence-electron chi connectivity index (χ3n) is 5.09. The molecule has 160 valence electrons. The Balaban J connectivity index is 1.69. The molecule has 0 unspecified atom stereocenters. The van der Waals surface area contributed by atoms with Gasteiger partial charge in [-0.1, -0.05) is 43.3 Å². The Morgan fingerprint density at radius 1 is 1.10 bits per heavy atom. The summed E-state index contributed by atoms with van der Waals surface area (Å²) in [7, 11) is -3.77. The maximum Gasteiger partial charge on any atom is 0.261 e. The fourth-order valence-electron chi connectivity index (χ4n) is 3.55. The van der Waals surface area contributed by atoms with Crippen LogP contribution < -0.4 is 4.72 Å². The normalized spacial score (nSPS) is 16.3. The number of aryl methyl sites for hydroxylation is 1. The molecule has 1 amide bonds. The van der Waals surface area contributed by atoms with Crippen LogP contribution in [-0.4, -0.2) is 25.0 Å². The third kappa shape index (κ3) is 4.25. The van der Waals surface area contributed by atoms with Crippen LogP contribution in [0.2, 0.25) is 0 Å². The van der Waals surface area contributed by atoms with Gasteiger partial charge in [0.25, 0.3) is 10.0 Å². The minimum atomic E-state index is -3.77. The van der Waals surface area contributed by atoms with Gasteiger partial charge in [0.1, 0.15) is 17.6 Å². The number of nitrogens with zero attached hydrogens (tertiary/aromatic N) is 2. The first-order valence-corrected chi connectivity index (χ1v) is 11.5. The summed E-state index contributed by atoms with van der Waals surface area (Å²) in [4.78, 5) is 12.7. The fourth-order valence-corrected chi connectivity index (χ4v) is 4.65. The molecule has 0 fully saturated rings. The van der Waals surface area contributed by atoms with E-state index in [0.29, 0.717) is 35.6 Å². The lowest BCUT2D eigenvalue weighted by Crippen LogP contribution is -2.25. The van der Waals surface area contributed by atoms with Crippen LogP contribution in [0.5, 0.6) is 0 Å². The van der Waals surface area contributed by atoms with Crippen LogP contribution in [-0.2, 0) is 14.8 Å². The maximum atomic E-state index is 12.8. The number of rotatable bonds is 6. The number of sulfonamides is 1. The van der Waals surface area contributed by atoms with E-state index in [1.54, 1.807) is 43.3 Å². The van der Waals surface area contributed by atoms with Gasteiger partial charge in [-0.2, -0.15) is 5.10 Å². The molecular formula is C23H23N3O4S. The lowest BCUT2D eigenvalue weighted by Gasteiger charge is -2.19. The van der Waals surface area contributed by atoms with Crippen LogP contribution in [0.4, 0.5) is 5.69 Å². The molecular weight excluding hydrogens is 414 g/mol. The van der Waals surface area contributed by atoms with E-state index in [4.69, 9.17) is 4.42 Å². The van der Waals surface area contributed by atoms with Gasteiger partial charge < -0.3 is 4.42 Å². The zero-order chi connectivity index (χ0) is 22.0. The van der Waals surface area contributed by atoms with Gasteiger partial charge in [-0.3, -0.25) is 9.52 Å². The zero-order valence-electron chi connectivity index (χ0n) is 17.3. The first-order valence-electron chi connectivity index (χ1n) is 10.0. The molecule has 7 nitrogen and oxygen atoms in total. The number of carbonyl (C=O) groups excluding carboxylic acids is 1. The number of furan rings is 1. The molecule has 4 rings (SSSR count). The van der Waals surface area contributed by atoms with E-state index in [9.17, 15) is 13.2 Å². The number of hydrazone groups is 1. The van der Waals surface area contributed by atoms with E-state index < -0.39 is 10.0 Å². The molecule has 1 N–H and O–H groups in total. The van der Waals surface area contributed by atoms with Gasteiger partial charge in [0.15, 0.2) is 0 Å². The molecule has 0 bridgehead atoms. The number of carbonyl (C=O) groups is 1. The second-order valence-electron chi connectivity index (χ2n) is 7.27. The highest BCUT2D eigenvalue weighted by molar-refractivity contribution is 7.92. The van der Waals surface area contributed by atoms with Gasteiger partial charge in [0.05, 0.1) is 16.3 Å². The molecule has 0 saturated heterocycles. The molecule has 1 aliphatic heterocycles. The van der Waals surface area contributed by atoms with Gasteiger partial charge in [0.2, 0.25) is 5.91 Å². The molecule has 0 radical (unpaired) electrons. The smallest absolute Gasteiger partial charge is 0.261 e. The Kier molecular flexibility index (Phi) is 5.65. The SMILES string of the molecule is CCC(=O)N1N=C(c2ccccc2NS(=O)(=O)c2ccccc2)C[C@H]1c1ccc(C)o1. The monoisotopic (exact) mass is 437 g/mol. The molecule has 1 aliphatic rings. The number of anilines is 1. The highest BCUT2D eigenvalue weighted by atomic mass is 32.2. The highest BCUT2D eigenvalue weighted by Crippen LogP contribution is 2.36. The van der Waals surface area contributed by atoms with Gasteiger partial charge in [-0.05, 0) is 37.3 Å². The summed E-state index contributed by atoms with van der Waals surface area (Å²) in [5, 5.41) is 6.01. The second kappa shape index (κ2) is 8.39.